The second-order valence-electron chi connectivity index (χ2n) is 6.50. The third kappa shape index (κ3) is 4.09. The summed E-state index contributed by atoms with van der Waals surface area (Å²) in [5, 5.41) is 3.54. The highest BCUT2D eigenvalue weighted by Crippen LogP contribution is 2.20. The lowest BCUT2D eigenvalue weighted by atomic mass is 9.98. The molecule has 1 amide bonds. The van der Waals surface area contributed by atoms with Crippen molar-refractivity contribution in [1.29, 1.82) is 0 Å². The van der Waals surface area contributed by atoms with Crippen LogP contribution in [0.5, 0.6) is 0 Å². The highest BCUT2D eigenvalue weighted by atomic mass is 19.1. The van der Waals surface area contributed by atoms with Crippen molar-refractivity contribution in [3.63, 3.8) is 0 Å². The van der Waals surface area contributed by atoms with Crippen molar-refractivity contribution in [1.82, 2.24) is 10.3 Å². The molecule has 1 unspecified atom stereocenters. The number of fused-ring (bicyclic) bond motifs is 1. The van der Waals surface area contributed by atoms with Gasteiger partial charge in [-0.15, -0.1) is 0 Å². The number of aromatic nitrogens is 1. The first-order chi connectivity index (χ1) is 11.6. The highest BCUT2D eigenvalue weighted by molar-refractivity contribution is 5.97. The minimum atomic E-state index is -0.381. The molecule has 1 aliphatic carbocycles. The molecule has 1 aromatic carbocycles. The Labute approximate surface area is 141 Å². The molecule has 1 aliphatic rings. The Morgan fingerprint density at radius 2 is 2.17 bits per heavy atom. The van der Waals surface area contributed by atoms with E-state index in [1.54, 1.807) is 18.2 Å². The van der Waals surface area contributed by atoms with Gasteiger partial charge in [-0.05, 0) is 31.9 Å². The Balaban J connectivity index is 1.57. The van der Waals surface area contributed by atoms with Crippen LogP contribution < -0.4 is 5.32 Å². The summed E-state index contributed by atoms with van der Waals surface area (Å²) in [6.45, 7) is 2.43. The van der Waals surface area contributed by atoms with Gasteiger partial charge in [0.25, 0.3) is 5.91 Å². The lowest BCUT2D eigenvalue weighted by Crippen LogP contribution is -2.37. The fourth-order valence-corrected chi connectivity index (χ4v) is 3.11. The van der Waals surface area contributed by atoms with Crippen molar-refractivity contribution in [2.45, 2.75) is 51.2 Å². The first-order valence-electron chi connectivity index (χ1n) is 8.60. The van der Waals surface area contributed by atoms with Crippen LogP contribution >= 0.6 is 0 Å². The van der Waals surface area contributed by atoms with Crippen LogP contribution in [0.2, 0.25) is 0 Å². The number of nitrogens with one attached hydrogen (secondary N) is 1. The first-order valence-corrected chi connectivity index (χ1v) is 8.60. The van der Waals surface area contributed by atoms with E-state index in [0.717, 1.165) is 12.8 Å². The lowest BCUT2D eigenvalue weighted by Gasteiger charge is -2.24. The van der Waals surface area contributed by atoms with Gasteiger partial charge in [0.05, 0.1) is 18.3 Å². The van der Waals surface area contributed by atoms with Crippen LogP contribution in [0.3, 0.4) is 0 Å². The average Bonchev–Trinajstić information content (AvgIpc) is 2.61. The van der Waals surface area contributed by atoms with Gasteiger partial charge in [-0.25, -0.2) is 4.39 Å². The zero-order valence-electron chi connectivity index (χ0n) is 13.9. The van der Waals surface area contributed by atoms with Gasteiger partial charge in [-0.2, -0.15) is 0 Å². The number of halogens is 1. The van der Waals surface area contributed by atoms with Gasteiger partial charge >= 0.3 is 0 Å². The molecule has 2 aromatic rings. The van der Waals surface area contributed by atoms with Crippen molar-refractivity contribution in [2.75, 3.05) is 6.61 Å². The number of pyridine rings is 1. The highest BCUT2D eigenvalue weighted by Gasteiger charge is 2.16. The SMILES string of the molecule is CC(COC1CCCCC1)NC(=O)c1cnc2c(F)cccc2c1. The summed E-state index contributed by atoms with van der Waals surface area (Å²) in [4.78, 5) is 16.4. The van der Waals surface area contributed by atoms with E-state index >= 15 is 0 Å². The summed E-state index contributed by atoms with van der Waals surface area (Å²) in [5.41, 5.74) is 0.709. The van der Waals surface area contributed by atoms with Crippen LogP contribution in [0.15, 0.2) is 30.5 Å². The first kappa shape index (κ1) is 16.8. The molecule has 0 saturated heterocycles. The number of para-hydroxylation sites is 1. The van der Waals surface area contributed by atoms with E-state index in [-0.39, 0.29) is 23.3 Å². The Bertz CT molecular complexity index is 714. The maximum atomic E-state index is 13.6. The van der Waals surface area contributed by atoms with Gasteiger partial charge in [0.1, 0.15) is 11.3 Å². The smallest absolute Gasteiger partial charge is 0.253 e. The number of carbonyl (C=O) groups is 1. The predicted molar refractivity (Wildman–Crippen MR) is 91.5 cm³/mol. The molecule has 1 saturated carbocycles. The van der Waals surface area contributed by atoms with Crippen molar-refractivity contribution < 1.29 is 13.9 Å². The second kappa shape index (κ2) is 7.71. The molecule has 0 radical (unpaired) electrons. The summed E-state index contributed by atoms with van der Waals surface area (Å²) in [6, 6.07) is 6.30. The summed E-state index contributed by atoms with van der Waals surface area (Å²) >= 11 is 0. The van der Waals surface area contributed by atoms with E-state index in [0.29, 0.717) is 23.7 Å². The van der Waals surface area contributed by atoms with Crippen molar-refractivity contribution in [3.05, 3.63) is 41.8 Å². The van der Waals surface area contributed by atoms with E-state index in [9.17, 15) is 9.18 Å². The van der Waals surface area contributed by atoms with Gasteiger partial charge in [0.2, 0.25) is 0 Å². The molecule has 0 bridgehead atoms. The minimum absolute atomic E-state index is 0.0809. The normalized spacial score (nSPS) is 16.9. The van der Waals surface area contributed by atoms with Gasteiger partial charge in [-0.3, -0.25) is 9.78 Å². The molecule has 128 valence electrons. The Morgan fingerprint density at radius 1 is 1.38 bits per heavy atom. The summed E-state index contributed by atoms with van der Waals surface area (Å²) in [5.74, 6) is -0.595. The molecule has 1 heterocycles. The zero-order chi connectivity index (χ0) is 16.9. The summed E-state index contributed by atoms with van der Waals surface area (Å²) < 4.78 is 19.5. The van der Waals surface area contributed by atoms with Crippen molar-refractivity contribution in [2.24, 2.45) is 0 Å². The zero-order valence-corrected chi connectivity index (χ0v) is 13.9. The molecule has 3 rings (SSSR count). The molecule has 24 heavy (non-hydrogen) atoms. The molecule has 1 atom stereocenters. The van der Waals surface area contributed by atoms with E-state index in [1.165, 1.54) is 31.5 Å². The molecule has 0 aliphatic heterocycles. The molecule has 1 fully saturated rings. The molecule has 5 heteroatoms. The second-order valence-corrected chi connectivity index (χ2v) is 6.50. The Kier molecular flexibility index (Phi) is 5.41. The third-order valence-corrected chi connectivity index (χ3v) is 4.44. The topological polar surface area (TPSA) is 51.2 Å². The van der Waals surface area contributed by atoms with Crippen LogP contribution in [0.4, 0.5) is 4.39 Å². The van der Waals surface area contributed by atoms with E-state index < -0.39 is 0 Å². The van der Waals surface area contributed by atoms with Crippen LogP contribution in [0.25, 0.3) is 10.9 Å². The van der Waals surface area contributed by atoms with Crippen LogP contribution in [0, 0.1) is 5.82 Å². The summed E-state index contributed by atoms with van der Waals surface area (Å²) in [6.07, 6.45) is 7.71. The van der Waals surface area contributed by atoms with Gasteiger partial charge in [0.15, 0.2) is 0 Å². The van der Waals surface area contributed by atoms with Crippen molar-refractivity contribution >= 4 is 16.8 Å². The Hall–Kier alpha value is -2.01. The molecule has 0 spiro atoms. The van der Waals surface area contributed by atoms with E-state index in [4.69, 9.17) is 4.74 Å². The van der Waals surface area contributed by atoms with Gasteiger partial charge < -0.3 is 10.1 Å². The van der Waals surface area contributed by atoms with E-state index in [2.05, 4.69) is 10.3 Å². The maximum absolute atomic E-state index is 13.6. The molecule has 4 nitrogen and oxygen atoms in total. The fraction of sp³-hybridized carbons (Fsp3) is 0.474. The van der Waals surface area contributed by atoms with E-state index in [1.807, 2.05) is 6.92 Å². The van der Waals surface area contributed by atoms with Crippen LogP contribution in [-0.4, -0.2) is 29.6 Å². The van der Waals surface area contributed by atoms with Crippen molar-refractivity contribution in [3.8, 4) is 0 Å². The number of benzene rings is 1. The number of ether oxygens (including phenoxy) is 1. The van der Waals surface area contributed by atoms with Crippen LogP contribution in [-0.2, 0) is 4.74 Å². The number of carbonyl (C=O) groups excluding carboxylic acids is 1. The molecule has 1 aromatic heterocycles. The lowest BCUT2D eigenvalue weighted by molar-refractivity contribution is 0.0181. The predicted octanol–water partition coefficient (Wildman–Crippen LogP) is 3.84. The monoisotopic (exact) mass is 330 g/mol. The molecular weight excluding hydrogens is 307 g/mol. The number of hydrogen-bond donors (Lipinski definition) is 1. The Morgan fingerprint density at radius 3 is 2.96 bits per heavy atom. The largest absolute Gasteiger partial charge is 0.376 e. The van der Waals surface area contributed by atoms with Gasteiger partial charge in [-0.1, -0.05) is 31.4 Å². The number of rotatable bonds is 5. The molecule has 1 N–H and O–H groups in total. The number of nitrogens with zero attached hydrogens (tertiary/aromatic N) is 1. The van der Waals surface area contributed by atoms with Crippen LogP contribution in [0.1, 0.15) is 49.4 Å². The summed E-state index contributed by atoms with van der Waals surface area (Å²) in [7, 11) is 0. The minimum Gasteiger partial charge on any atom is -0.376 e. The molecular formula is C19H23FN2O2. The quantitative estimate of drug-likeness (QED) is 0.906. The van der Waals surface area contributed by atoms with Gasteiger partial charge in [0, 0.05) is 17.6 Å². The maximum Gasteiger partial charge on any atom is 0.253 e. The number of amides is 1. The average molecular weight is 330 g/mol. The standard InChI is InChI=1S/C19H23FN2O2/c1-13(12-24-16-7-3-2-4-8-16)22-19(23)15-10-14-6-5-9-17(20)18(14)21-11-15/h5-6,9-11,13,16H,2-4,7-8,12H2,1H3,(H,22,23). The third-order valence-electron chi connectivity index (χ3n) is 4.44. The number of hydrogen-bond acceptors (Lipinski definition) is 3. The fourth-order valence-electron chi connectivity index (χ4n) is 3.11.